The quantitative estimate of drug-likeness (QED) is 0.271. The van der Waals surface area contributed by atoms with Crippen molar-refractivity contribution in [1.82, 2.24) is 24.9 Å². The van der Waals surface area contributed by atoms with E-state index in [-0.39, 0.29) is 34.3 Å². The van der Waals surface area contributed by atoms with E-state index < -0.39 is 23.7 Å². The average molecular weight is 539 g/mol. The maximum absolute atomic E-state index is 16.1. The summed E-state index contributed by atoms with van der Waals surface area (Å²) >= 11 is 7.66. The zero-order valence-electron chi connectivity index (χ0n) is 19.7. The number of rotatable bonds is 6. The minimum atomic E-state index is -0.837. The number of aromatic nitrogens is 5. The number of fused-ring (bicyclic) bond motifs is 4. The van der Waals surface area contributed by atoms with Crippen molar-refractivity contribution in [2.75, 3.05) is 5.32 Å². The Kier molecular flexibility index (Phi) is 5.44. The second-order valence-corrected chi connectivity index (χ2v) is 11.8. The number of nitrogens with zero attached hydrogens (tertiary/aromatic N) is 4. The Labute approximate surface area is 220 Å². The number of hydrogen-bond donors (Lipinski definition) is 3. The van der Waals surface area contributed by atoms with Crippen molar-refractivity contribution in [3.63, 3.8) is 0 Å². The van der Waals surface area contributed by atoms with Gasteiger partial charge >= 0.3 is 5.97 Å². The lowest BCUT2D eigenvalue weighted by Gasteiger charge is -2.47. The van der Waals surface area contributed by atoms with Gasteiger partial charge in [0.1, 0.15) is 16.4 Å². The fourth-order valence-corrected chi connectivity index (χ4v) is 7.40. The molecule has 4 aromatic heterocycles. The van der Waals surface area contributed by atoms with E-state index >= 15 is 4.39 Å². The number of carbonyl (C=O) groups is 1. The molecule has 0 aromatic carbocycles. The van der Waals surface area contributed by atoms with E-state index in [0.717, 1.165) is 43.4 Å². The van der Waals surface area contributed by atoms with Gasteiger partial charge < -0.3 is 15.4 Å². The third-order valence-electron chi connectivity index (χ3n) is 8.09. The van der Waals surface area contributed by atoms with Crippen molar-refractivity contribution in [2.24, 2.45) is 17.8 Å². The smallest absolute Gasteiger partial charge is 0.308 e. The number of aromatic amines is 1. The molecule has 190 valence electrons. The first-order valence-electron chi connectivity index (χ1n) is 12.6. The van der Waals surface area contributed by atoms with E-state index in [2.05, 4.69) is 30.2 Å². The second kappa shape index (κ2) is 8.73. The van der Waals surface area contributed by atoms with Gasteiger partial charge in [-0.25, -0.2) is 24.3 Å². The first-order chi connectivity index (χ1) is 18.0. The number of thiophene rings is 1. The monoisotopic (exact) mass is 538 g/mol. The van der Waals surface area contributed by atoms with Crippen LogP contribution in [0.5, 0.6) is 0 Å². The highest BCUT2D eigenvalue weighted by Crippen LogP contribution is 2.48. The van der Waals surface area contributed by atoms with E-state index in [1.807, 2.05) is 12.1 Å². The average Bonchev–Trinajstić information content (AvgIpc) is 3.48. The van der Waals surface area contributed by atoms with E-state index in [9.17, 15) is 9.90 Å². The molecule has 0 spiro atoms. The maximum atomic E-state index is 16.1. The summed E-state index contributed by atoms with van der Waals surface area (Å²) in [6.07, 6.45) is 9.11. The number of nitrogens with one attached hydrogen (secondary N) is 2. The predicted octanol–water partition coefficient (Wildman–Crippen LogP) is 6.11. The zero-order valence-corrected chi connectivity index (χ0v) is 21.3. The fraction of sp³-hybridized carbons (Fsp3) is 0.423. The van der Waals surface area contributed by atoms with Gasteiger partial charge in [0.15, 0.2) is 23.1 Å². The highest BCUT2D eigenvalue weighted by Gasteiger charge is 2.47. The van der Waals surface area contributed by atoms with Crippen molar-refractivity contribution in [1.29, 1.82) is 0 Å². The Morgan fingerprint density at radius 1 is 1.11 bits per heavy atom. The minimum absolute atomic E-state index is 0.0227. The van der Waals surface area contributed by atoms with Crippen molar-refractivity contribution in [3.8, 4) is 22.0 Å². The van der Waals surface area contributed by atoms with Crippen LogP contribution in [0.4, 0.5) is 10.2 Å². The molecule has 4 aliphatic rings. The van der Waals surface area contributed by atoms with Crippen LogP contribution < -0.4 is 5.32 Å². The topological polar surface area (TPSA) is 117 Å². The summed E-state index contributed by atoms with van der Waals surface area (Å²) in [4.78, 5) is 35.1. The molecule has 2 bridgehead atoms. The number of hydrogen-bond acceptors (Lipinski definition) is 7. The Morgan fingerprint density at radius 3 is 2.65 bits per heavy atom. The molecule has 4 heterocycles. The van der Waals surface area contributed by atoms with Crippen molar-refractivity contribution >= 4 is 45.9 Å². The van der Waals surface area contributed by atoms with Crippen LogP contribution in [-0.4, -0.2) is 42.0 Å². The number of H-pyrrole nitrogens is 1. The molecule has 4 aromatic rings. The summed E-state index contributed by atoms with van der Waals surface area (Å²) < 4.78 is 16.1. The first-order valence-corrected chi connectivity index (χ1v) is 13.8. The predicted molar refractivity (Wildman–Crippen MR) is 139 cm³/mol. The lowest BCUT2D eigenvalue weighted by molar-refractivity contribution is -0.148. The third kappa shape index (κ3) is 3.97. The fourth-order valence-electron chi connectivity index (χ4n) is 6.10. The number of halogens is 2. The highest BCUT2D eigenvalue weighted by molar-refractivity contribution is 7.15. The first kappa shape index (κ1) is 23.0. The summed E-state index contributed by atoms with van der Waals surface area (Å²) in [5.41, 5.74) is 1.75. The largest absolute Gasteiger partial charge is 0.481 e. The Bertz CT molecular complexity index is 1530. The lowest BCUT2D eigenvalue weighted by Crippen LogP contribution is -2.51. The summed E-state index contributed by atoms with van der Waals surface area (Å²) in [6.45, 7) is 0. The standard InChI is InChI=1S/C26H24ClFN6O2S/c27-17-10-30-25-21(31-17)14(9-29-25)23-33-22(16-8-7-15(37-16)11-1-2-11)19(28)24(34-23)32-20-13-5-3-12(4-6-13)18(20)26(35)36/h7-13,18,20H,1-6H2,(H,29,30)(H,35,36)(H,32,33,34). The van der Waals surface area contributed by atoms with Crippen LogP contribution in [0.1, 0.15) is 49.3 Å². The molecule has 8 rings (SSSR count). The second-order valence-electron chi connectivity index (χ2n) is 10.3. The molecule has 4 fully saturated rings. The normalized spacial score (nSPS) is 25.0. The van der Waals surface area contributed by atoms with Gasteiger partial charge in [0.05, 0.1) is 22.6 Å². The van der Waals surface area contributed by atoms with Crippen molar-refractivity contribution < 1.29 is 14.3 Å². The van der Waals surface area contributed by atoms with Gasteiger partial charge in [-0.05, 0) is 68.4 Å². The van der Waals surface area contributed by atoms with Gasteiger partial charge in [-0.15, -0.1) is 11.3 Å². The van der Waals surface area contributed by atoms with E-state index in [1.54, 1.807) is 17.5 Å². The van der Waals surface area contributed by atoms with Gasteiger partial charge in [-0.1, -0.05) is 11.6 Å². The lowest BCUT2D eigenvalue weighted by atomic mass is 9.61. The summed E-state index contributed by atoms with van der Waals surface area (Å²) in [5.74, 6) is -0.888. The van der Waals surface area contributed by atoms with Gasteiger partial charge in [0.25, 0.3) is 0 Å². The van der Waals surface area contributed by atoms with Crippen LogP contribution in [0.15, 0.2) is 24.5 Å². The molecular formula is C26H24ClFN6O2S. The molecule has 2 unspecified atom stereocenters. The minimum Gasteiger partial charge on any atom is -0.481 e. The van der Waals surface area contributed by atoms with Crippen LogP contribution in [0, 0.1) is 23.6 Å². The zero-order chi connectivity index (χ0) is 25.3. The SMILES string of the molecule is O=C(O)C1C2CCC(CC2)C1Nc1nc(-c2c[nH]c3ncc(Cl)nc23)nc(-c2ccc(C3CC3)s2)c1F. The number of aliphatic carboxylic acids is 1. The van der Waals surface area contributed by atoms with Crippen LogP contribution in [0.3, 0.4) is 0 Å². The van der Waals surface area contributed by atoms with E-state index in [0.29, 0.717) is 22.6 Å². The van der Waals surface area contributed by atoms with Gasteiger partial charge in [0.2, 0.25) is 0 Å². The molecule has 0 radical (unpaired) electrons. The third-order valence-corrected chi connectivity index (χ3v) is 9.53. The summed E-state index contributed by atoms with van der Waals surface area (Å²) in [6, 6.07) is 3.56. The van der Waals surface area contributed by atoms with Crippen LogP contribution in [-0.2, 0) is 4.79 Å². The van der Waals surface area contributed by atoms with Gasteiger partial charge in [0, 0.05) is 17.1 Å². The summed E-state index contributed by atoms with van der Waals surface area (Å²) in [7, 11) is 0. The molecule has 11 heteroatoms. The van der Waals surface area contributed by atoms with Crippen molar-refractivity contribution in [2.45, 2.75) is 50.5 Å². The van der Waals surface area contributed by atoms with Crippen LogP contribution in [0.25, 0.3) is 33.1 Å². The van der Waals surface area contributed by atoms with Crippen LogP contribution in [0.2, 0.25) is 5.15 Å². The molecule has 0 saturated heterocycles. The van der Waals surface area contributed by atoms with E-state index in [1.165, 1.54) is 11.1 Å². The molecule has 3 N–H and O–H groups in total. The molecule has 2 atom stereocenters. The number of carboxylic acid groups (broad SMARTS) is 1. The Balaban J connectivity index is 1.36. The molecule has 4 saturated carbocycles. The molecule has 0 aliphatic heterocycles. The van der Waals surface area contributed by atoms with Crippen LogP contribution >= 0.6 is 22.9 Å². The molecule has 4 aliphatic carbocycles. The van der Waals surface area contributed by atoms with Crippen molar-refractivity contribution in [3.05, 3.63) is 40.4 Å². The Hall–Kier alpha value is -3.11. The molecule has 8 nitrogen and oxygen atoms in total. The Morgan fingerprint density at radius 2 is 1.89 bits per heavy atom. The maximum Gasteiger partial charge on any atom is 0.308 e. The molecule has 37 heavy (non-hydrogen) atoms. The van der Waals surface area contributed by atoms with Gasteiger partial charge in [-0.2, -0.15) is 0 Å². The molecular weight excluding hydrogens is 515 g/mol. The van der Waals surface area contributed by atoms with Gasteiger partial charge in [-0.3, -0.25) is 4.79 Å². The molecule has 0 amide bonds. The number of carboxylic acids is 1. The summed E-state index contributed by atoms with van der Waals surface area (Å²) in [5, 5.41) is 13.5. The number of anilines is 1. The highest BCUT2D eigenvalue weighted by atomic mass is 35.5. The van der Waals surface area contributed by atoms with E-state index in [4.69, 9.17) is 11.6 Å².